The van der Waals surface area contributed by atoms with E-state index in [1.807, 2.05) is 0 Å². The number of carboxylic acid groups (broad SMARTS) is 1. The Kier molecular flexibility index (Phi) is 4.38. The van der Waals surface area contributed by atoms with Crippen molar-refractivity contribution >= 4 is 33.4 Å². The van der Waals surface area contributed by atoms with Crippen LogP contribution < -0.4 is 5.32 Å². The molecule has 0 spiro atoms. The molecule has 1 heterocycles. The molecule has 0 aliphatic heterocycles. The number of anilines is 1. The van der Waals surface area contributed by atoms with Crippen LogP contribution >= 0.6 is 15.9 Å². The lowest BCUT2D eigenvalue weighted by atomic mass is 10.2. The smallest absolute Gasteiger partial charge is 0.312 e. The van der Waals surface area contributed by atoms with Crippen molar-refractivity contribution in [1.29, 1.82) is 0 Å². The topological polar surface area (TPSA) is 105 Å². The van der Waals surface area contributed by atoms with E-state index in [1.165, 1.54) is 12.3 Å². The summed E-state index contributed by atoms with van der Waals surface area (Å²) in [5.74, 6) is -0.920. The van der Waals surface area contributed by atoms with Gasteiger partial charge in [0.15, 0.2) is 0 Å². The minimum atomic E-state index is -0.982. The molecular formula is C9H10BrN3O4. The van der Waals surface area contributed by atoms with Crippen molar-refractivity contribution in [3.63, 3.8) is 0 Å². The highest BCUT2D eigenvalue weighted by Gasteiger charge is 2.18. The molecule has 1 rings (SSSR count). The molecule has 0 saturated heterocycles. The maximum absolute atomic E-state index is 10.8. The number of rotatable bonds is 5. The molecule has 7 nitrogen and oxygen atoms in total. The van der Waals surface area contributed by atoms with Gasteiger partial charge in [0.2, 0.25) is 5.82 Å². The van der Waals surface area contributed by atoms with E-state index in [9.17, 15) is 14.9 Å². The van der Waals surface area contributed by atoms with Gasteiger partial charge in [-0.1, -0.05) is 0 Å². The van der Waals surface area contributed by atoms with Gasteiger partial charge < -0.3 is 10.4 Å². The van der Waals surface area contributed by atoms with Gasteiger partial charge in [-0.05, 0) is 22.9 Å². The Bertz CT molecular complexity index is 452. The first-order valence-electron chi connectivity index (χ1n) is 4.68. The third kappa shape index (κ3) is 3.99. The van der Waals surface area contributed by atoms with Crippen molar-refractivity contribution in [2.24, 2.45) is 0 Å². The molecule has 17 heavy (non-hydrogen) atoms. The maximum atomic E-state index is 10.8. The quantitative estimate of drug-likeness (QED) is 0.637. The minimum absolute atomic E-state index is 0.0620. The summed E-state index contributed by atoms with van der Waals surface area (Å²) in [7, 11) is 0. The second-order valence-corrected chi connectivity index (χ2v) is 4.34. The van der Waals surface area contributed by atoms with E-state index in [2.05, 4.69) is 26.2 Å². The monoisotopic (exact) mass is 303 g/mol. The van der Waals surface area contributed by atoms with Crippen molar-refractivity contribution in [3.05, 3.63) is 26.9 Å². The van der Waals surface area contributed by atoms with Crippen molar-refractivity contribution in [3.8, 4) is 0 Å². The zero-order chi connectivity index (χ0) is 13.0. The van der Waals surface area contributed by atoms with E-state index in [0.29, 0.717) is 4.47 Å². The van der Waals surface area contributed by atoms with Crippen LogP contribution in [-0.4, -0.2) is 27.0 Å². The summed E-state index contributed by atoms with van der Waals surface area (Å²) in [4.78, 5) is 24.5. The van der Waals surface area contributed by atoms with E-state index in [4.69, 9.17) is 5.11 Å². The second kappa shape index (κ2) is 5.58. The molecule has 0 saturated carbocycles. The average molecular weight is 304 g/mol. The van der Waals surface area contributed by atoms with Crippen LogP contribution in [0.1, 0.15) is 13.3 Å². The number of nitrogens with zero attached hydrogens (tertiary/aromatic N) is 2. The van der Waals surface area contributed by atoms with Crippen molar-refractivity contribution in [2.45, 2.75) is 19.4 Å². The number of nitro groups is 1. The molecule has 0 aliphatic carbocycles. The molecule has 0 bridgehead atoms. The fourth-order valence-electron chi connectivity index (χ4n) is 1.23. The highest BCUT2D eigenvalue weighted by Crippen LogP contribution is 2.25. The average Bonchev–Trinajstić information content (AvgIpc) is 2.19. The number of carboxylic acids is 1. The van der Waals surface area contributed by atoms with Gasteiger partial charge in [0.05, 0.1) is 11.3 Å². The van der Waals surface area contributed by atoms with Gasteiger partial charge in [-0.25, -0.2) is 4.98 Å². The number of aliphatic carboxylic acids is 1. The summed E-state index contributed by atoms with van der Waals surface area (Å²) in [5.41, 5.74) is -0.198. The van der Waals surface area contributed by atoms with E-state index < -0.39 is 16.9 Å². The van der Waals surface area contributed by atoms with Crippen LogP contribution in [0.2, 0.25) is 0 Å². The Morgan fingerprint density at radius 1 is 1.76 bits per heavy atom. The van der Waals surface area contributed by atoms with Gasteiger partial charge in [0, 0.05) is 22.8 Å². The number of nitrogens with one attached hydrogen (secondary N) is 1. The van der Waals surface area contributed by atoms with Crippen LogP contribution in [0.5, 0.6) is 0 Å². The molecule has 0 radical (unpaired) electrons. The zero-order valence-corrected chi connectivity index (χ0v) is 10.5. The Morgan fingerprint density at radius 2 is 2.41 bits per heavy atom. The summed E-state index contributed by atoms with van der Waals surface area (Å²) in [6.07, 6.45) is 1.26. The normalized spacial score (nSPS) is 11.9. The molecule has 1 atom stereocenters. The molecule has 1 aromatic rings. The highest BCUT2D eigenvalue weighted by atomic mass is 79.9. The van der Waals surface area contributed by atoms with E-state index in [1.54, 1.807) is 6.92 Å². The van der Waals surface area contributed by atoms with E-state index in [-0.39, 0.29) is 17.9 Å². The fourth-order valence-corrected chi connectivity index (χ4v) is 1.54. The Hall–Kier alpha value is -1.70. The standard InChI is InChI=1S/C9H10BrN3O4/c1-5(2-8(14)15)12-9-7(13(16)17)3-6(10)4-11-9/h3-5H,2H2,1H3,(H,11,12)(H,14,15). The molecule has 0 fully saturated rings. The molecule has 1 unspecified atom stereocenters. The van der Waals surface area contributed by atoms with Crippen LogP contribution in [0.15, 0.2) is 16.7 Å². The van der Waals surface area contributed by atoms with Crippen LogP contribution in [0.25, 0.3) is 0 Å². The maximum Gasteiger partial charge on any atom is 0.312 e. The summed E-state index contributed by atoms with van der Waals surface area (Å²) in [6, 6.07) is 0.864. The Balaban J connectivity index is 2.90. The number of halogens is 1. The molecule has 0 amide bonds. The van der Waals surface area contributed by atoms with E-state index in [0.717, 1.165) is 0 Å². The molecule has 8 heteroatoms. The predicted molar refractivity (Wildman–Crippen MR) is 63.9 cm³/mol. The molecule has 2 N–H and O–H groups in total. The third-order valence-electron chi connectivity index (χ3n) is 1.89. The zero-order valence-electron chi connectivity index (χ0n) is 8.88. The molecular weight excluding hydrogens is 294 g/mol. The highest BCUT2D eigenvalue weighted by molar-refractivity contribution is 9.10. The van der Waals surface area contributed by atoms with Crippen LogP contribution in [0.4, 0.5) is 11.5 Å². The van der Waals surface area contributed by atoms with Gasteiger partial charge in [-0.15, -0.1) is 0 Å². The predicted octanol–water partition coefficient (Wildman–Crippen LogP) is 2.03. The van der Waals surface area contributed by atoms with E-state index >= 15 is 0 Å². The first kappa shape index (κ1) is 13.4. The van der Waals surface area contributed by atoms with Gasteiger partial charge in [0.1, 0.15) is 0 Å². The first-order valence-corrected chi connectivity index (χ1v) is 5.47. The number of aromatic nitrogens is 1. The largest absolute Gasteiger partial charge is 0.481 e. The number of carbonyl (C=O) groups is 1. The Labute approximate surface area is 105 Å². The van der Waals surface area contributed by atoms with Crippen molar-refractivity contribution < 1.29 is 14.8 Å². The number of hydrogen-bond donors (Lipinski definition) is 2. The van der Waals surface area contributed by atoms with Gasteiger partial charge >= 0.3 is 11.7 Å². The lowest BCUT2D eigenvalue weighted by Gasteiger charge is -2.12. The summed E-state index contributed by atoms with van der Waals surface area (Å²) >= 11 is 3.08. The van der Waals surface area contributed by atoms with Crippen LogP contribution in [-0.2, 0) is 4.79 Å². The SMILES string of the molecule is CC(CC(=O)O)Nc1ncc(Br)cc1[N+](=O)[O-]. The first-order chi connectivity index (χ1) is 7.90. The van der Waals surface area contributed by atoms with Gasteiger partial charge in [0.25, 0.3) is 0 Å². The second-order valence-electron chi connectivity index (χ2n) is 3.42. The third-order valence-corrected chi connectivity index (χ3v) is 2.33. The van der Waals surface area contributed by atoms with Gasteiger partial charge in [-0.2, -0.15) is 0 Å². The Morgan fingerprint density at radius 3 is 2.94 bits per heavy atom. The van der Waals surface area contributed by atoms with Crippen molar-refractivity contribution in [1.82, 2.24) is 4.98 Å². The summed E-state index contributed by atoms with van der Waals surface area (Å²) in [6.45, 7) is 1.61. The molecule has 0 aliphatic rings. The lowest BCUT2D eigenvalue weighted by Crippen LogP contribution is -2.20. The lowest BCUT2D eigenvalue weighted by molar-refractivity contribution is -0.384. The van der Waals surface area contributed by atoms with Crippen molar-refractivity contribution in [2.75, 3.05) is 5.32 Å². The molecule has 92 valence electrons. The van der Waals surface area contributed by atoms with Gasteiger partial charge in [-0.3, -0.25) is 14.9 Å². The summed E-state index contributed by atoms with van der Waals surface area (Å²) in [5, 5.41) is 22.0. The molecule has 1 aromatic heterocycles. The molecule has 0 aromatic carbocycles. The fraction of sp³-hybridized carbons (Fsp3) is 0.333. The summed E-state index contributed by atoms with van der Waals surface area (Å²) < 4.78 is 0.487. The van der Waals surface area contributed by atoms with Crippen LogP contribution in [0, 0.1) is 10.1 Å². The van der Waals surface area contributed by atoms with Crippen LogP contribution in [0.3, 0.4) is 0 Å². The minimum Gasteiger partial charge on any atom is -0.481 e. The number of pyridine rings is 1. The number of hydrogen-bond acceptors (Lipinski definition) is 5.